The highest BCUT2D eigenvalue weighted by Crippen LogP contribution is 2.46. The first-order chi connectivity index (χ1) is 11.8. The summed E-state index contributed by atoms with van der Waals surface area (Å²) in [7, 11) is 0. The first-order valence-corrected chi connectivity index (χ1v) is 8.54. The molecule has 2 aliphatic heterocycles. The second-order valence-electron chi connectivity index (χ2n) is 6.86. The molecule has 1 N–H and O–H groups in total. The molecular weight excluding hydrogens is 322 g/mol. The van der Waals surface area contributed by atoms with E-state index in [1.54, 1.807) is 17.9 Å². The highest BCUT2D eigenvalue weighted by atomic mass is 16.6. The lowest BCUT2D eigenvalue weighted by atomic mass is 9.91. The van der Waals surface area contributed by atoms with Crippen LogP contribution in [0.25, 0.3) is 5.70 Å². The highest BCUT2D eigenvalue weighted by Gasteiger charge is 2.41. The zero-order chi connectivity index (χ0) is 18.4. The highest BCUT2D eigenvalue weighted by molar-refractivity contribution is 5.92. The number of likely N-dealkylation sites (N-methyl/N-ethyl adjacent to an activating group) is 1. The van der Waals surface area contributed by atoms with E-state index in [2.05, 4.69) is 5.32 Å². The lowest BCUT2D eigenvalue weighted by molar-refractivity contribution is -0.385. The second-order valence-corrected chi connectivity index (χ2v) is 6.86. The Morgan fingerprint density at radius 3 is 2.68 bits per heavy atom. The van der Waals surface area contributed by atoms with Gasteiger partial charge in [0.1, 0.15) is 11.4 Å². The number of ether oxygens (including phenoxy) is 1. The summed E-state index contributed by atoms with van der Waals surface area (Å²) in [5.41, 5.74) is 2.03. The Morgan fingerprint density at radius 2 is 2.12 bits per heavy atom. The number of carbonyl (C=O) groups excluding carboxylic acids is 1. The van der Waals surface area contributed by atoms with Crippen LogP contribution in [0.3, 0.4) is 0 Å². The van der Waals surface area contributed by atoms with Crippen molar-refractivity contribution >= 4 is 17.3 Å². The normalized spacial score (nSPS) is 18.9. The molecule has 0 bridgehead atoms. The van der Waals surface area contributed by atoms with Gasteiger partial charge < -0.3 is 15.0 Å². The fourth-order valence-electron chi connectivity index (χ4n) is 3.62. The number of likely N-dealkylation sites (tertiary alicyclic amines) is 1. The Balaban J connectivity index is 2.32. The van der Waals surface area contributed by atoms with E-state index in [0.29, 0.717) is 36.4 Å². The van der Waals surface area contributed by atoms with Gasteiger partial charge in [0.05, 0.1) is 21.9 Å². The number of amides is 1. The van der Waals surface area contributed by atoms with E-state index in [0.717, 1.165) is 17.8 Å². The van der Waals surface area contributed by atoms with E-state index in [1.165, 1.54) is 6.07 Å². The van der Waals surface area contributed by atoms with Gasteiger partial charge in [-0.2, -0.15) is 0 Å². The summed E-state index contributed by atoms with van der Waals surface area (Å²) in [6, 6.07) is 3.09. The van der Waals surface area contributed by atoms with Crippen LogP contribution < -0.4 is 10.1 Å². The van der Waals surface area contributed by atoms with Crippen LogP contribution in [0, 0.1) is 17.0 Å². The molecule has 1 fully saturated rings. The van der Waals surface area contributed by atoms with Crippen molar-refractivity contribution in [3.63, 3.8) is 0 Å². The minimum Gasteiger partial charge on any atom is -0.481 e. The van der Waals surface area contributed by atoms with E-state index in [4.69, 9.17) is 4.74 Å². The maximum absolute atomic E-state index is 12.5. The molecule has 7 heteroatoms. The fourth-order valence-corrected chi connectivity index (χ4v) is 3.62. The van der Waals surface area contributed by atoms with E-state index in [9.17, 15) is 14.9 Å². The molecule has 25 heavy (non-hydrogen) atoms. The molecule has 134 valence electrons. The van der Waals surface area contributed by atoms with Crippen LogP contribution >= 0.6 is 0 Å². The summed E-state index contributed by atoms with van der Waals surface area (Å²) < 4.78 is 6.14. The van der Waals surface area contributed by atoms with Gasteiger partial charge in [0.2, 0.25) is 5.91 Å². The molecule has 0 aromatic heterocycles. The number of nitrogens with zero attached hydrogens (tertiary/aromatic N) is 2. The molecule has 0 atom stereocenters. The van der Waals surface area contributed by atoms with Crippen LogP contribution in [0.2, 0.25) is 0 Å². The lowest BCUT2D eigenvalue weighted by Gasteiger charge is -2.40. The molecule has 1 saturated heterocycles. The molecule has 0 spiro atoms. The molecule has 7 nitrogen and oxygen atoms in total. The van der Waals surface area contributed by atoms with Gasteiger partial charge in [-0.3, -0.25) is 14.9 Å². The minimum atomic E-state index is -0.663. The average Bonchev–Trinajstić information content (AvgIpc) is 2.94. The Labute approximate surface area is 146 Å². The van der Waals surface area contributed by atoms with Gasteiger partial charge in [0, 0.05) is 31.1 Å². The zero-order valence-electron chi connectivity index (χ0n) is 15.0. The van der Waals surface area contributed by atoms with Gasteiger partial charge in [-0.1, -0.05) is 0 Å². The number of hydrogen-bond acceptors (Lipinski definition) is 5. The molecule has 0 saturated carbocycles. The maximum Gasteiger partial charge on any atom is 0.273 e. The smallest absolute Gasteiger partial charge is 0.273 e. The summed E-state index contributed by atoms with van der Waals surface area (Å²) >= 11 is 0. The third kappa shape index (κ3) is 2.73. The van der Waals surface area contributed by atoms with Gasteiger partial charge in [-0.25, -0.2) is 0 Å². The summed E-state index contributed by atoms with van der Waals surface area (Å²) in [5, 5.41) is 14.7. The van der Waals surface area contributed by atoms with Crippen molar-refractivity contribution in [3.05, 3.63) is 39.1 Å². The lowest BCUT2D eigenvalue weighted by Crippen LogP contribution is -2.44. The molecule has 2 heterocycles. The molecule has 1 amide bonds. The molecule has 0 radical (unpaired) electrons. The third-order valence-electron chi connectivity index (χ3n) is 4.73. The van der Waals surface area contributed by atoms with Crippen LogP contribution in [0.5, 0.6) is 5.75 Å². The van der Waals surface area contributed by atoms with Crippen LogP contribution in [0.1, 0.15) is 44.7 Å². The number of fused-ring (bicyclic) bond motifs is 1. The van der Waals surface area contributed by atoms with Crippen molar-refractivity contribution in [2.45, 2.75) is 46.1 Å². The molecule has 0 aliphatic carbocycles. The number of nitro groups is 1. The molecule has 1 aromatic carbocycles. The van der Waals surface area contributed by atoms with Gasteiger partial charge in [0.15, 0.2) is 0 Å². The largest absolute Gasteiger partial charge is 0.481 e. The summed E-state index contributed by atoms with van der Waals surface area (Å²) in [6.07, 6.45) is 1.28. The van der Waals surface area contributed by atoms with Crippen molar-refractivity contribution in [2.24, 2.45) is 0 Å². The Hall–Kier alpha value is -2.57. The molecule has 0 unspecified atom stereocenters. The maximum atomic E-state index is 12.5. The van der Waals surface area contributed by atoms with Crippen molar-refractivity contribution in [1.29, 1.82) is 0 Å². The fraction of sp³-hybridized carbons (Fsp3) is 0.500. The van der Waals surface area contributed by atoms with Gasteiger partial charge in [0.25, 0.3) is 5.69 Å². The number of nitrogens with one attached hydrogen (secondary N) is 1. The molecule has 1 aromatic rings. The number of hydrogen-bond donors (Lipinski definition) is 1. The predicted octanol–water partition coefficient (Wildman–Crippen LogP) is 2.97. The summed E-state index contributed by atoms with van der Waals surface area (Å²) in [6.45, 7) is 8.83. The first kappa shape index (κ1) is 17.3. The van der Waals surface area contributed by atoms with Crippen molar-refractivity contribution < 1.29 is 14.5 Å². The van der Waals surface area contributed by atoms with Crippen molar-refractivity contribution in [3.8, 4) is 5.75 Å². The number of nitro benzene ring substituents is 1. The van der Waals surface area contributed by atoms with Crippen LogP contribution in [0.15, 0.2) is 17.8 Å². The Bertz CT molecular complexity index is 783. The molecule has 3 rings (SSSR count). The summed E-state index contributed by atoms with van der Waals surface area (Å²) in [4.78, 5) is 25.2. The van der Waals surface area contributed by atoms with Crippen LogP contribution in [-0.2, 0) is 4.79 Å². The topological polar surface area (TPSA) is 84.7 Å². The number of carbonyl (C=O) groups is 1. The van der Waals surface area contributed by atoms with Gasteiger partial charge >= 0.3 is 0 Å². The number of benzene rings is 1. The van der Waals surface area contributed by atoms with Crippen LogP contribution in [-0.4, -0.2) is 34.4 Å². The first-order valence-electron chi connectivity index (χ1n) is 8.54. The zero-order valence-corrected chi connectivity index (χ0v) is 15.0. The Morgan fingerprint density at radius 1 is 1.40 bits per heavy atom. The van der Waals surface area contributed by atoms with Crippen molar-refractivity contribution in [2.75, 3.05) is 13.1 Å². The van der Waals surface area contributed by atoms with E-state index in [-0.39, 0.29) is 11.6 Å². The van der Waals surface area contributed by atoms with Gasteiger partial charge in [-0.15, -0.1) is 0 Å². The quantitative estimate of drug-likeness (QED) is 0.670. The molecular formula is C18H23N3O4. The van der Waals surface area contributed by atoms with Crippen LogP contribution in [0.4, 0.5) is 5.69 Å². The van der Waals surface area contributed by atoms with E-state index in [1.807, 2.05) is 20.8 Å². The Kier molecular flexibility index (Phi) is 4.18. The molecule has 2 aliphatic rings. The average molecular weight is 345 g/mol. The standard InChI is InChI=1S/C18H23N3O4/c1-5-19-17-16(20-10-6-7-14(20)22)15-11(2)12(21(23)24)8-9-13(15)25-18(17,3)4/h8-9,19H,5-7,10H2,1-4H3. The SMILES string of the molecule is CCNC1=C(N2CCCC2=O)c2c(ccc([N+](=O)[O-])c2C)OC1(C)C. The monoisotopic (exact) mass is 345 g/mol. The van der Waals surface area contributed by atoms with E-state index >= 15 is 0 Å². The summed E-state index contributed by atoms with van der Waals surface area (Å²) in [5.74, 6) is 0.615. The van der Waals surface area contributed by atoms with Crippen molar-refractivity contribution in [1.82, 2.24) is 10.2 Å². The van der Waals surface area contributed by atoms with Gasteiger partial charge in [-0.05, 0) is 40.2 Å². The predicted molar refractivity (Wildman–Crippen MR) is 94.1 cm³/mol. The minimum absolute atomic E-state index is 0.0297. The number of rotatable bonds is 4. The second kappa shape index (κ2) is 6.06. The third-order valence-corrected chi connectivity index (χ3v) is 4.73. The van der Waals surface area contributed by atoms with E-state index < -0.39 is 10.5 Å².